The molecule has 0 spiro atoms. The molecule has 1 aliphatic heterocycles. The van der Waals surface area contributed by atoms with Crippen LogP contribution >= 0.6 is 0 Å². The second-order valence-corrected chi connectivity index (χ2v) is 3.75. The predicted molar refractivity (Wildman–Crippen MR) is 53.9 cm³/mol. The van der Waals surface area contributed by atoms with Gasteiger partial charge in [0.2, 0.25) is 0 Å². The van der Waals surface area contributed by atoms with E-state index in [2.05, 4.69) is 31.1 Å². The van der Waals surface area contributed by atoms with Crippen molar-refractivity contribution in [2.45, 2.75) is 52.1 Å². The molecule has 0 aromatic heterocycles. The lowest BCUT2D eigenvalue weighted by molar-refractivity contribution is 0.382. The predicted octanol–water partition coefficient (Wildman–Crippen LogP) is 2.00. The Morgan fingerprint density at radius 3 is 2.92 bits per heavy atom. The largest absolute Gasteiger partial charge is 0.314 e. The summed E-state index contributed by atoms with van der Waals surface area (Å²) in [6, 6.07) is 1.23. The van der Waals surface area contributed by atoms with Crippen molar-refractivity contribution in [2.24, 2.45) is 4.99 Å². The normalized spacial score (nSPS) is 32.1. The first-order valence-electron chi connectivity index (χ1n) is 4.99. The van der Waals surface area contributed by atoms with Crippen LogP contribution in [0.3, 0.4) is 0 Å². The molecule has 1 aliphatic rings. The first-order valence-corrected chi connectivity index (χ1v) is 4.99. The van der Waals surface area contributed by atoms with Gasteiger partial charge in [-0.15, -0.1) is 0 Å². The zero-order valence-corrected chi connectivity index (χ0v) is 8.43. The Balaban J connectivity index is 2.41. The summed E-state index contributed by atoms with van der Waals surface area (Å²) in [6.07, 6.45) is 3.51. The third-order valence-electron chi connectivity index (χ3n) is 2.51. The van der Waals surface area contributed by atoms with Crippen molar-refractivity contribution in [3.63, 3.8) is 0 Å². The van der Waals surface area contributed by atoms with E-state index in [0.717, 1.165) is 13.0 Å². The number of hydrogen-bond donors (Lipinski definition) is 1. The molecule has 2 atom stereocenters. The highest BCUT2D eigenvalue weighted by atomic mass is 14.9. The Bertz CT molecular complexity index is 163. The zero-order chi connectivity index (χ0) is 8.97. The number of aliphatic imine (C=N–C) groups is 1. The molecule has 0 bridgehead atoms. The van der Waals surface area contributed by atoms with Crippen LogP contribution in [0.5, 0.6) is 0 Å². The summed E-state index contributed by atoms with van der Waals surface area (Å²) < 4.78 is 0. The fourth-order valence-electron chi connectivity index (χ4n) is 1.63. The first kappa shape index (κ1) is 9.72. The van der Waals surface area contributed by atoms with Crippen LogP contribution < -0.4 is 5.32 Å². The highest BCUT2D eigenvalue weighted by Crippen LogP contribution is 2.12. The van der Waals surface area contributed by atoms with Crippen LogP contribution in [-0.4, -0.2) is 24.3 Å². The van der Waals surface area contributed by atoms with Gasteiger partial charge < -0.3 is 5.32 Å². The molecular formula is C10H20N2. The Morgan fingerprint density at radius 1 is 1.58 bits per heavy atom. The minimum Gasteiger partial charge on any atom is -0.314 e. The van der Waals surface area contributed by atoms with Gasteiger partial charge in [0.05, 0.1) is 6.04 Å². The summed E-state index contributed by atoms with van der Waals surface area (Å²) in [5, 5.41) is 3.43. The molecule has 1 heterocycles. The van der Waals surface area contributed by atoms with Gasteiger partial charge >= 0.3 is 0 Å². The van der Waals surface area contributed by atoms with Crippen LogP contribution in [0.2, 0.25) is 0 Å². The molecule has 0 radical (unpaired) electrons. The van der Waals surface area contributed by atoms with Crippen LogP contribution in [0.1, 0.15) is 40.0 Å². The summed E-state index contributed by atoms with van der Waals surface area (Å²) in [5.41, 5.74) is 1.30. The van der Waals surface area contributed by atoms with Crippen molar-refractivity contribution in [1.82, 2.24) is 5.32 Å². The lowest BCUT2D eigenvalue weighted by Gasteiger charge is -2.25. The topological polar surface area (TPSA) is 24.4 Å². The fourth-order valence-corrected chi connectivity index (χ4v) is 1.63. The molecule has 2 unspecified atom stereocenters. The molecule has 12 heavy (non-hydrogen) atoms. The first-order chi connectivity index (χ1) is 5.72. The van der Waals surface area contributed by atoms with Crippen LogP contribution in [-0.2, 0) is 0 Å². The Hall–Kier alpha value is -0.370. The average Bonchev–Trinajstić information content (AvgIpc) is 2.04. The molecule has 2 nitrogen and oxygen atoms in total. The number of piperidine rings is 1. The summed E-state index contributed by atoms with van der Waals surface area (Å²) in [4.78, 5) is 4.68. The smallest absolute Gasteiger partial charge is 0.0525 e. The lowest BCUT2D eigenvalue weighted by Crippen LogP contribution is -2.37. The molecule has 0 aliphatic carbocycles. The van der Waals surface area contributed by atoms with Gasteiger partial charge in [-0.25, -0.2) is 0 Å². The summed E-state index contributed by atoms with van der Waals surface area (Å²) in [6.45, 7) is 7.67. The van der Waals surface area contributed by atoms with Gasteiger partial charge in [-0.3, -0.25) is 4.99 Å². The maximum Gasteiger partial charge on any atom is 0.0525 e. The minimum atomic E-state index is 0.584. The van der Waals surface area contributed by atoms with E-state index in [9.17, 15) is 0 Å². The molecular weight excluding hydrogens is 148 g/mol. The lowest BCUT2D eigenvalue weighted by atomic mass is 10.0. The molecule has 0 saturated carbocycles. The van der Waals surface area contributed by atoms with Gasteiger partial charge in [-0.2, -0.15) is 0 Å². The van der Waals surface area contributed by atoms with Gasteiger partial charge in [0.15, 0.2) is 0 Å². The second kappa shape index (κ2) is 4.61. The van der Waals surface area contributed by atoms with E-state index in [1.807, 2.05) is 0 Å². The van der Waals surface area contributed by atoms with E-state index in [-0.39, 0.29) is 0 Å². The van der Waals surface area contributed by atoms with Crippen LogP contribution in [0.4, 0.5) is 0 Å². The monoisotopic (exact) mass is 168 g/mol. The Morgan fingerprint density at radius 2 is 2.33 bits per heavy atom. The molecule has 1 saturated heterocycles. The van der Waals surface area contributed by atoms with E-state index < -0.39 is 0 Å². The quantitative estimate of drug-likeness (QED) is 0.627. The van der Waals surface area contributed by atoms with Gasteiger partial charge in [0.25, 0.3) is 0 Å². The van der Waals surface area contributed by atoms with Crippen molar-refractivity contribution < 1.29 is 0 Å². The van der Waals surface area contributed by atoms with Gasteiger partial charge in [0, 0.05) is 11.8 Å². The van der Waals surface area contributed by atoms with Crippen LogP contribution in [0, 0.1) is 0 Å². The zero-order valence-electron chi connectivity index (χ0n) is 8.43. The molecule has 70 valence electrons. The van der Waals surface area contributed by atoms with E-state index in [4.69, 9.17) is 0 Å². The Kier molecular flexibility index (Phi) is 3.73. The van der Waals surface area contributed by atoms with Gasteiger partial charge in [-0.05, 0) is 39.7 Å². The maximum atomic E-state index is 4.68. The van der Waals surface area contributed by atoms with Crippen molar-refractivity contribution in [1.29, 1.82) is 0 Å². The number of rotatable bonds is 2. The van der Waals surface area contributed by atoms with Crippen molar-refractivity contribution in [3.05, 3.63) is 0 Å². The minimum absolute atomic E-state index is 0.584. The molecule has 0 aromatic carbocycles. The molecule has 1 rings (SSSR count). The highest BCUT2D eigenvalue weighted by Gasteiger charge is 2.16. The summed E-state index contributed by atoms with van der Waals surface area (Å²) >= 11 is 0. The third-order valence-corrected chi connectivity index (χ3v) is 2.51. The van der Waals surface area contributed by atoms with Crippen molar-refractivity contribution in [3.8, 4) is 0 Å². The third kappa shape index (κ3) is 2.94. The molecule has 0 aromatic rings. The van der Waals surface area contributed by atoms with E-state index in [1.54, 1.807) is 0 Å². The van der Waals surface area contributed by atoms with Crippen molar-refractivity contribution in [2.75, 3.05) is 6.54 Å². The number of nitrogens with zero attached hydrogens (tertiary/aromatic N) is 1. The number of hydrogen-bond acceptors (Lipinski definition) is 2. The summed E-state index contributed by atoms with van der Waals surface area (Å²) in [7, 11) is 0. The van der Waals surface area contributed by atoms with E-state index in [1.165, 1.54) is 18.6 Å². The average molecular weight is 168 g/mol. The molecule has 2 heteroatoms. The second-order valence-electron chi connectivity index (χ2n) is 3.75. The standard InChI is InChI=1S/C10H20N2/c1-4-8(2)12-10-5-6-11-9(3)7-10/h9-11H,4-7H2,1-3H3. The van der Waals surface area contributed by atoms with Crippen LogP contribution in [0.25, 0.3) is 0 Å². The van der Waals surface area contributed by atoms with Gasteiger partial charge in [0.1, 0.15) is 0 Å². The van der Waals surface area contributed by atoms with Crippen molar-refractivity contribution >= 4 is 5.71 Å². The molecule has 1 N–H and O–H groups in total. The fraction of sp³-hybridized carbons (Fsp3) is 0.900. The summed E-state index contributed by atoms with van der Waals surface area (Å²) in [5.74, 6) is 0. The Labute approximate surface area is 75.5 Å². The number of nitrogens with one attached hydrogen (secondary N) is 1. The van der Waals surface area contributed by atoms with Crippen LogP contribution in [0.15, 0.2) is 4.99 Å². The SMILES string of the molecule is CCC(C)=NC1CCNC(C)C1. The highest BCUT2D eigenvalue weighted by molar-refractivity contribution is 5.81. The van der Waals surface area contributed by atoms with E-state index in [0.29, 0.717) is 12.1 Å². The molecule has 1 fully saturated rings. The van der Waals surface area contributed by atoms with Gasteiger partial charge in [-0.1, -0.05) is 6.92 Å². The molecule has 0 amide bonds. The maximum absolute atomic E-state index is 4.68. The van der Waals surface area contributed by atoms with E-state index >= 15 is 0 Å².